The van der Waals surface area contributed by atoms with Crippen LogP contribution in [0.3, 0.4) is 0 Å². The zero-order valence-electron chi connectivity index (χ0n) is 7.83. The van der Waals surface area contributed by atoms with E-state index in [4.69, 9.17) is 0 Å². The van der Waals surface area contributed by atoms with Crippen molar-refractivity contribution in [2.45, 2.75) is 0 Å². The highest BCUT2D eigenvalue weighted by molar-refractivity contribution is 7.16. The molecular weight excluding hydrogens is 229 g/mol. The van der Waals surface area contributed by atoms with Crippen LogP contribution in [0.25, 0.3) is 10.2 Å². The highest BCUT2D eigenvalue weighted by atomic mass is 32.1. The Morgan fingerprint density at radius 1 is 1.13 bits per heavy atom. The van der Waals surface area contributed by atoms with Crippen LogP contribution in [0.1, 0.15) is 0 Å². The molecule has 82 valence electrons. The first-order chi connectivity index (χ1) is 6.88. The SMILES string of the molecule is C[n+]1csc2ccccc21.F[B-](F)(F)F. The van der Waals surface area contributed by atoms with Gasteiger partial charge in [0.15, 0.2) is 0 Å². The fourth-order valence-corrected chi connectivity index (χ4v) is 1.92. The maximum Gasteiger partial charge on any atom is 0.673 e. The molecule has 0 saturated heterocycles. The molecule has 1 nitrogen and oxygen atoms in total. The Morgan fingerprint density at radius 3 is 2.20 bits per heavy atom. The number of fused-ring (bicyclic) bond motifs is 1. The molecule has 0 spiro atoms. The topological polar surface area (TPSA) is 3.88 Å². The minimum Gasteiger partial charge on any atom is -0.418 e. The first-order valence-electron chi connectivity index (χ1n) is 4.07. The molecule has 0 aliphatic carbocycles. The third-order valence-electron chi connectivity index (χ3n) is 1.58. The average Bonchev–Trinajstić information content (AvgIpc) is 2.46. The molecule has 0 radical (unpaired) electrons. The van der Waals surface area contributed by atoms with Gasteiger partial charge < -0.3 is 17.3 Å². The van der Waals surface area contributed by atoms with E-state index in [2.05, 4.69) is 41.4 Å². The Bertz CT molecular complexity index is 433. The first kappa shape index (κ1) is 12.0. The Hall–Kier alpha value is -1.11. The van der Waals surface area contributed by atoms with E-state index in [0.29, 0.717) is 0 Å². The number of benzene rings is 1. The number of rotatable bonds is 0. The van der Waals surface area contributed by atoms with E-state index in [1.807, 2.05) is 0 Å². The van der Waals surface area contributed by atoms with Gasteiger partial charge in [-0.1, -0.05) is 23.5 Å². The number of thiazole rings is 1. The van der Waals surface area contributed by atoms with Gasteiger partial charge in [-0.05, 0) is 6.07 Å². The molecule has 0 N–H and O–H groups in total. The Labute approximate surface area is 88.1 Å². The van der Waals surface area contributed by atoms with Crippen molar-refractivity contribution in [2.75, 3.05) is 0 Å². The van der Waals surface area contributed by atoms with E-state index in [1.54, 1.807) is 11.3 Å². The summed E-state index contributed by atoms with van der Waals surface area (Å²) >= 11 is 1.78. The predicted molar refractivity (Wildman–Crippen MR) is 53.2 cm³/mol. The number of aromatic nitrogens is 1. The number of aryl methyl sites for hydroxylation is 1. The van der Waals surface area contributed by atoms with Crippen LogP contribution in [-0.2, 0) is 7.05 Å². The lowest BCUT2D eigenvalue weighted by Gasteiger charge is -1.94. The minimum atomic E-state index is -6.00. The lowest BCUT2D eigenvalue weighted by atomic mass is 10.3. The molecule has 1 heterocycles. The zero-order chi connectivity index (χ0) is 11.5. The van der Waals surface area contributed by atoms with Crippen molar-refractivity contribution < 1.29 is 21.8 Å². The molecule has 1 aromatic heterocycles. The second-order valence-electron chi connectivity index (χ2n) is 2.80. The summed E-state index contributed by atoms with van der Waals surface area (Å²) in [6.07, 6.45) is 0. The molecule has 0 unspecified atom stereocenters. The van der Waals surface area contributed by atoms with Gasteiger partial charge in [-0.2, -0.15) is 4.57 Å². The maximum absolute atomic E-state index is 9.75. The van der Waals surface area contributed by atoms with Crippen molar-refractivity contribution in [3.63, 3.8) is 0 Å². The van der Waals surface area contributed by atoms with Gasteiger partial charge in [0.25, 0.3) is 0 Å². The molecule has 0 fully saturated rings. The second-order valence-corrected chi connectivity index (χ2v) is 3.68. The van der Waals surface area contributed by atoms with Crippen LogP contribution < -0.4 is 4.57 Å². The second kappa shape index (κ2) is 4.61. The van der Waals surface area contributed by atoms with E-state index in [1.165, 1.54) is 10.2 Å². The molecule has 0 saturated carbocycles. The summed E-state index contributed by atoms with van der Waals surface area (Å²) in [6, 6.07) is 8.40. The van der Waals surface area contributed by atoms with Gasteiger partial charge in [0.05, 0.1) is 0 Å². The van der Waals surface area contributed by atoms with Crippen LogP contribution in [-0.4, -0.2) is 7.25 Å². The number of para-hydroxylation sites is 1. The summed E-state index contributed by atoms with van der Waals surface area (Å²) < 4.78 is 42.5. The molecule has 2 aromatic rings. The van der Waals surface area contributed by atoms with E-state index >= 15 is 0 Å². The number of nitrogens with zero attached hydrogens (tertiary/aromatic N) is 1. The normalized spacial score (nSPS) is 11.0. The number of hydrogen-bond acceptors (Lipinski definition) is 1. The van der Waals surface area contributed by atoms with Crippen molar-refractivity contribution in [3.8, 4) is 0 Å². The summed E-state index contributed by atoms with van der Waals surface area (Å²) in [5, 5.41) is 0. The van der Waals surface area contributed by atoms with Crippen LogP contribution >= 0.6 is 11.3 Å². The average molecular weight is 237 g/mol. The van der Waals surface area contributed by atoms with Gasteiger partial charge in [-0.3, -0.25) is 0 Å². The van der Waals surface area contributed by atoms with E-state index < -0.39 is 7.25 Å². The van der Waals surface area contributed by atoms with Crippen molar-refractivity contribution in [1.29, 1.82) is 0 Å². The van der Waals surface area contributed by atoms with Crippen molar-refractivity contribution >= 4 is 28.8 Å². The summed E-state index contributed by atoms with van der Waals surface area (Å²) in [5.74, 6) is 0. The minimum absolute atomic E-state index is 1.31. The third kappa shape index (κ3) is 4.29. The Kier molecular flexibility index (Phi) is 3.68. The molecule has 2 rings (SSSR count). The molecule has 0 aliphatic rings. The van der Waals surface area contributed by atoms with E-state index in [9.17, 15) is 17.3 Å². The maximum atomic E-state index is 9.75. The molecular formula is C8H8BF4NS. The molecule has 0 bridgehead atoms. The zero-order valence-corrected chi connectivity index (χ0v) is 8.65. The van der Waals surface area contributed by atoms with E-state index in [0.717, 1.165) is 0 Å². The highest BCUT2D eigenvalue weighted by Crippen LogP contribution is 2.13. The first-order valence-corrected chi connectivity index (χ1v) is 4.95. The highest BCUT2D eigenvalue weighted by Gasteiger charge is 2.20. The lowest BCUT2D eigenvalue weighted by molar-refractivity contribution is -0.640. The van der Waals surface area contributed by atoms with Crippen LogP contribution in [0.2, 0.25) is 0 Å². The van der Waals surface area contributed by atoms with Crippen LogP contribution in [0.5, 0.6) is 0 Å². The van der Waals surface area contributed by atoms with Crippen LogP contribution in [0, 0.1) is 0 Å². The smallest absolute Gasteiger partial charge is 0.418 e. The van der Waals surface area contributed by atoms with Crippen molar-refractivity contribution in [1.82, 2.24) is 0 Å². The molecule has 0 amide bonds. The Morgan fingerprint density at radius 2 is 1.67 bits per heavy atom. The van der Waals surface area contributed by atoms with Gasteiger partial charge in [0, 0.05) is 6.07 Å². The molecule has 0 aliphatic heterocycles. The Balaban J connectivity index is 0.000000195. The standard InChI is InChI=1S/C8H8NS.BF4/c1-9-6-10-8-5-3-2-4-7(8)9;2-1(3,4)5/h2-6H,1H3;/q+1;-1. The summed E-state index contributed by atoms with van der Waals surface area (Å²) in [7, 11) is -3.93. The fourth-order valence-electron chi connectivity index (χ4n) is 1.04. The van der Waals surface area contributed by atoms with Crippen molar-refractivity contribution in [2.24, 2.45) is 7.05 Å². The summed E-state index contributed by atoms with van der Waals surface area (Å²) in [6.45, 7) is 0. The molecule has 7 heteroatoms. The van der Waals surface area contributed by atoms with Gasteiger partial charge in [0.1, 0.15) is 11.7 Å². The monoisotopic (exact) mass is 237 g/mol. The number of hydrogen-bond donors (Lipinski definition) is 0. The van der Waals surface area contributed by atoms with Gasteiger partial charge in [-0.15, -0.1) is 0 Å². The molecule has 15 heavy (non-hydrogen) atoms. The van der Waals surface area contributed by atoms with Gasteiger partial charge >= 0.3 is 7.25 Å². The molecule has 1 aromatic carbocycles. The van der Waals surface area contributed by atoms with Gasteiger partial charge in [0.2, 0.25) is 11.0 Å². The quantitative estimate of drug-likeness (QED) is 0.376. The summed E-state index contributed by atoms with van der Waals surface area (Å²) in [4.78, 5) is 0. The predicted octanol–water partition coefficient (Wildman–Crippen LogP) is 3.03. The van der Waals surface area contributed by atoms with Gasteiger partial charge in [-0.25, -0.2) is 0 Å². The fraction of sp³-hybridized carbons (Fsp3) is 0.125. The van der Waals surface area contributed by atoms with Crippen molar-refractivity contribution in [3.05, 3.63) is 29.8 Å². The van der Waals surface area contributed by atoms with Crippen LogP contribution in [0.15, 0.2) is 29.8 Å². The van der Waals surface area contributed by atoms with E-state index in [-0.39, 0.29) is 0 Å². The molecule has 0 atom stereocenters. The number of halogens is 4. The lowest BCUT2D eigenvalue weighted by Crippen LogP contribution is -2.24. The van der Waals surface area contributed by atoms with Crippen LogP contribution in [0.4, 0.5) is 17.3 Å². The third-order valence-corrected chi connectivity index (χ3v) is 2.60. The largest absolute Gasteiger partial charge is 0.673 e. The summed E-state index contributed by atoms with van der Waals surface area (Å²) in [5.41, 5.74) is 3.43.